The van der Waals surface area contributed by atoms with Crippen LogP contribution in [-0.2, 0) is 0 Å². The molecule has 6 nitrogen and oxygen atoms in total. The van der Waals surface area contributed by atoms with Crippen molar-refractivity contribution in [2.75, 3.05) is 31.5 Å². The number of benzene rings is 1. The number of thiazole rings is 1. The van der Waals surface area contributed by atoms with Crippen LogP contribution in [0.25, 0.3) is 21.1 Å². The van der Waals surface area contributed by atoms with Crippen LogP contribution in [-0.4, -0.2) is 45.8 Å². The Morgan fingerprint density at radius 3 is 2.62 bits per heavy atom. The van der Waals surface area contributed by atoms with Gasteiger partial charge in [0.05, 0.1) is 10.9 Å². The van der Waals surface area contributed by atoms with Crippen molar-refractivity contribution in [3.63, 3.8) is 0 Å². The van der Waals surface area contributed by atoms with Crippen molar-refractivity contribution >= 4 is 41.8 Å². The summed E-state index contributed by atoms with van der Waals surface area (Å²) >= 11 is 1.60. The zero-order valence-electron chi connectivity index (χ0n) is 18.5. The summed E-state index contributed by atoms with van der Waals surface area (Å²) in [7, 11) is 0. The quantitative estimate of drug-likeness (QED) is 0.478. The maximum atomic E-state index is 12.0. The number of aromatic nitrogens is 3. The highest BCUT2D eigenvalue weighted by Crippen LogP contribution is 2.32. The van der Waals surface area contributed by atoms with E-state index in [0.29, 0.717) is 0 Å². The van der Waals surface area contributed by atoms with E-state index in [9.17, 15) is 4.79 Å². The predicted molar refractivity (Wildman–Crippen MR) is 139 cm³/mol. The van der Waals surface area contributed by atoms with Crippen molar-refractivity contribution in [1.29, 1.82) is 0 Å². The van der Waals surface area contributed by atoms with Gasteiger partial charge in [-0.1, -0.05) is 18.6 Å². The van der Waals surface area contributed by atoms with Gasteiger partial charge in [0.2, 0.25) is 0 Å². The molecule has 0 spiro atoms. The molecule has 0 atom stereocenters. The average molecular weight is 497 g/mol. The fraction of sp³-hybridized carbons (Fsp3) is 0.435. The van der Waals surface area contributed by atoms with Gasteiger partial charge >= 0.3 is 0 Å². The molecule has 0 saturated carbocycles. The second-order valence-corrected chi connectivity index (χ2v) is 9.07. The van der Waals surface area contributed by atoms with Crippen LogP contribution in [0.5, 0.6) is 0 Å². The second kappa shape index (κ2) is 12.3. The number of nitrogens with zero attached hydrogens (tertiary/aromatic N) is 4. The third kappa shape index (κ3) is 6.54. The van der Waals surface area contributed by atoms with Gasteiger partial charge in [0.1, 0.15) is 10.7 Å². The number of piperidine rings is 1. The summed E-state index contributed by atoms with van der Waals surface area (Å²) in [6.45, 7) is 8.40. The fourth-order valence-corrected chi connectivity index (χ4v) is 4.63. The van der Waals surface area contributed by atoms with Crippen LogP contribution in [0, 0.1) is 0 Å². The van der Waals surface area contributed by atoms with Crippen LogP contribution in [0.3, 0.4) is 0 Å². The normalized spacial score (nSPS) is 14.0. The molecular formula is C23H31Cl2N5OS. The van der Waals surface area contributed by atoms with Gasteiger partial charge in [-0.25, -0.2) is 9.67 Å². The Hall–Kier alpha value is -1.93. The van der Waals surface area contributed by atoms with Gasteiger partial charge in [0.15, 0.2) is 0 Å². The van der Waals surface area contributed by atoms with Gasteiger partial charge in [-0.05, 0) is 58.0 Å². The molecule has 0 aliphatic carbocycles. The highest BCUT2D eigenvalue weighted by Gasteiger charge is 2.12. The lowest BCUT2D eigenvalue weighted by molar-refractivity contribution is 0.237. The van der Waals surface area contributed by atoms with Crippen molar-refractivity contribution < 1.29 is 0 Å². The van der Waals surface area contributed by atoms with E-state index in [4.69, 9.17) is 0 Å². The molecular weight excluding hydrogens is 465 g/mol. The van der Waals surface area contributed by atoms with Crippen LogP contribution in [0.1, 0.15) is 39.2 Å². The summed E-state index contributed by atoms with van der Waals surface area (Å²) in [4.78, 5) is 20.1. The minimum Gasteiger partial charge on any atom is -0.384 e. The largest absolute Gasteiger partial charge is 0.384 e. The Bertz CT molecular complexity index is 1050. The summed E-state index contributed by atoms with van der Waals surface area (Å²) in [5, 5.41) is 9.01. The molecule has 32 heavy (non-hydrogen) atoms. The number of halogens is 2. The number of nitrogens with one attached hydrogen (secondary N) is 1. The molecule has 1 aliphatic rings. The van der Waals surface area contributed by atoms with Gasteiger partial charge in [-0.2, -0.15) is 5.10 Å². The Morgan fingerprint density at radius 1 is 1.09 bits per heavy atom. The standard InChI is InChI=1S/C23H29N5OS.2ClH/c1-17(2)28-22(29)10-9-20(26-28)21-16-25-23(30-21)18-7-6-8-19(15-18)24-11-14-27-12-4-3-5-13-27;;/h6-10,15-17,24H,3-5,11-14H2,1-2H3;2*1H. The molecule has 2 aromatic heterocycles. The van der Waals surface area contributed by atoms with Gasteiger partial charge in [-0.15, -0.1) is 36.2 Å². The predicted octanol–water partition coefficient (Wildman–Crippen LogP) is 5.36. The monoisotopic (exact) mass is 495 g/mol. The van der Waals surface area contributed by atoms with E-state index in [1.807, 2.05) is 20.0 Å². The van der Waals surface area contributed by atoms with Crippen LogP contribution >= 0.6 is 36.2 Å². The molecule has 3 heterocycles. The molecule has 1 saturated heterocycles. The highest BCUT2D eigenvalue weighted by atomic mass is 35.5. The zero-order chi connectivity index (χ0) is 20.9. The van der Waals surface area contributed by atoms with Crippen LogP contribution in [0.2, 0.25) is 0 Å². The van der Waals surface area contributed by atoms with Crippen LogP contribution < -0.4 is 10.9 Å². The molecule has 4 rings (SSSR count). The van der Waals surface area contributed by atoms with E-state index in [1.54, 1.807) is 23.5 Å². The summed E-state index contributed by atoms with van der Waals surface area (Å²) < 4.78 is 1.52. The lowest BCUT2D eigenvalue weighted by Crippen LogP contribution is -2.33. The lowest BCUT2D eigenvalue weighted by atomic mass is 10.1. The summed E-state index contributed by atoms with van der Waals surface area (Å²) in [6, 6.07) is 11.8. The number of rotatable bonds is 7. The smallest absolute Gasteiger partial charge is 0.267 e. The minimum atomic E-state index is -0.0817. The topological polar surface area (TPSA) is 63.1 Å². The molecule has 1 N–H and O–H groups in total. The molecule has 0 bridgehead atoms. The van der Waals surface area contributed by atoms with Crippen molar-refractivity contribution in [2.24, 2.45) is 0 Å². The third-order valence-electron chi connectivity index (χ3n) is 5.39. The van der Waals surface area contributed by atoms with Crippen molar-refractivity contribution in [3.05, 3.63) is 52.9 Å². The molecule has 1 aromatic carbocycles. The van der Waals surface area contributed by atoms with Gasteiger partial charge in [-0.3, -0.25) is 4.79 Å². The molecule has 1 aliphatic heterocycles. The van der Waals surface area contributed by atoms with Gasteiger partial charge in [0, 0.05) is 36.6 Å². The van der Waals surface area contributed by atoms with Crippen molar-refractivity contribution in [1.82, 2.24) is 19.7 Å². The summed E-state index contributed by atoms with van der Waals surface area (Å²) in [6.07, 6.45) is 5.86. The number of hydrogen-bond donors (Lipinski definition) is 1. The molecule has 9 heteroatoms. The first-order chi connectivity index (χ1) is 14.6. The van der Waals surface area contributed by atoms with Crippen molar-refractivity contribution in [2.45, 2.75) is 39.2 Å². The first-order valence-corrected chi connectivity index (χ1v) is 11.5. The molecule has 0 amide bonds. The second-order valence-electron chi connectivity index (χ2n) is 8.03. The maximum Gasteiger partial charge on any atom is 0.267 e. The first-order valence-electron chi connectivity index (χ1n) is 10.7. The summed E-state index contributed by atoms with van der Waals surface area (Å²) in [5.74, 6) is 0. The molecule has 174 valence electrons. The number of hydrogen-bond acceptors (Lipinski definition) is 6. The first kappa shape index (κ1) is 26.3. The van der Waals surface area contributed by atoms with Crippen molar-refractivity contribution in [3.8, 4) is 21.1 Å². The Labute approximate surface area is 205 Å². The van der Waals surface area contributed by atoms with E-state index < -0.39 is 0 Å². The highest BCUT2D eigenvalue weighted by molar-refractivity contribution is 7.18. The zero-order valence-corrected chi connectivity index (χ0v) is 20.9. The third-order valence-corrected chi connectivity index (χ3v) is 6.46. The van der Waals surface area contributed by atoms with Gasteiger partial charge < -0.3 is 10.2 Å². The fourth-order valence-electron chi connectivity index (χ4n) is 3.76. The van der Waals surface area contributed by atoms with E-state index in [-0.39, 0.29) is 36.4 Å². The Balaban J connectivity index is 0.00000181. The van der Waals surface area contributed by atoms with E-state index in [2.05, 4.69) is 44.6 Å². The van der Waals surface area contributed by atoms with Crippen LogP contribution in [0.4, 0.5) is 5.69 Å². The molecule has 3 aromatic rings. The number of anilines is 1. The molecule has 0 unspecified atom stereocenters. The van der Waals surface area contributed by atoms with E-state index in [1.165, 1.54) is 37.0 Å². The molecule has 0 radical (unpaired) electrons. The SMILES string of the molecule is CC(C)n1nc(-c2cnc(-c3cccc(NCCN4CCCCC4)c3)s2)ccc1=O.Cl.Cl. The van der Waals surface area contributed by atoms with E-state index >= 15 is 0 Å². The lowest BCUT2D eigenvalue weighted by Gasteiger charge is -2.26. The van der Waals surface area contributed by atoms with Gasteiger partial charge in [0.25, 0.3) is 5.56 Å². The maximum absolute atomic E-state index is 12.0. The summed E-state index contributed by atoms with van der Waals surface area (Å²) in [5.41, 5.74) is 2.91. The Morgan fingerprint density at radius 2 is 1.88 bits per heavy atom. The van der Waals surface area contributed by atoms with Crippen LogP contribution in [0.15, 0.2) is 47.4 Å². The average Bonchev–Trinajstić information content (AvgIpc) is 3.25. The molecule has 1 fully saturated rings. The minimum absolute atomic E-state index is 0. The Kier molecular flexibility index (Phi) is 10.2. The van der Waals surface area contributed by atoms with E-state index in [0.717, 1.165) is 39.9 Å². The number of likely N-dealkylation sites (tertiary alicyclic amines) is 1.